The fourth-order valence-corrected chi connectivity index (χ4v) is 10.4. The van der Waals surface area contributed by atoms with Crippen LogP contribution in [0.2, 0.25) is 0 Å². The summed E-state index contributed by atoms with van der Waals surface area (Å²) in [5, 5.41) is 23.4. The van der Waals surface area contributed by atoms with Gasteiger partial charge in [0.1, 0.15) is 0 Å². The predicted molar refractivity (Wildman–Crippen MR) is 304 cm³/mol. The van der Waals surface area contributed by atoms with E-state index in [2.05, 4.69) is 31.3 Å². The van der Waals surface area contributed by atoms with Crippen molar-refractivity contribution < 1.29 is 15.0 Å². The van der Waals surface area contributed by atoms with Gasteiger partial charge in [-0.25, -0.2) is 0 Å². The highest BCUT2D eigenvalue weighted by Gasteiger charge is 2.20. The van der Waals surface area contributed by atoms with Gasteiger partial charge in [0.05, 0.1) is 18.8 Å². The summed E-state index contributed by atoms with van der Waals surface area (Å²) in [4.78, 5) is 12.5. The Morgan fingerprint density at radius 2 is 0.559 bits per heavy atom. The molecule has 0 aliphatic heterocycles. The van der Waals surface area contributed by atoms with Crippen LogP contribution in [0.1, 0.15) is 373 Å². The number of hydrogen-bond donors (Lipinski definition) is 3. The third-order valence-corrected chi connectivity index (χ3v) is 15.3. The van der Waals surface area contributed by atoms with E-state index in [1.807, 2.05) is 0 Å². The van der Waals surface area contributed by atoms with E-state index in [9.17, 15) is 15.0 Å². The smallest absolute Gasteiger partial charge is 0.220 e. The maximum absolute atomic E-state index is 12.5. The summed E-state index contributed by atoms with van der Waals surface area (Å²) in [7, 11) is 0. The lowest BCUT2D eigenvalue weighted by molar-refractivity contribution is -0.123. The SMILES string of the molecule is CCCCCCCCCCCCCC/C=C\CCCCCCCCCCCCCCCCCCC(=O)NC(CO)C(O)CCCCCCCCCCCCCCCCCCCCCCCCCC. The van der Waals surface area contributed by atoms with Crippen molar-refractivity contribution in [2.45, 2.75) is 386 Å². The number of aliphatic hydroxyl groups excluding tert-OH is 2. The van der Waals surface area contributed by atoms with Gasteiger partial charge in [0.25, 0.3) is 0 Å². The van der Waals surface area contributed by atoms with Crippen LogP contribution in [0, 0.1) is 0 Å². The van der Waals surface area contributed by atoms with Gasteiger partial charge in [-0.15, -0.1) is 0 Å². The van der Waals surface area contributed by atoms with Crippen molar-refractivity contribution >= 4 is 5.91 Å². The number of aliphatic hydroxyl groups is 2. The van der Waals surface area contributed by atoms with Gasteiger partial charge in [-0.2, -0.15) is 0 Å². The zero-order valence-electron chi connectivity index (χ0n) is 46.9. The molecule has 0 fully saturated rings. The average molecular weight is 959 g/mol. The second kappa shape index (κ2) is 60.4. The van der Waals surface area contributed by atoms with Crippen molar-refractivity contribution in [3.8, 4) is 0 Å². The first-order valence-electron chi connectivity index (χ1n) is 31.9. The first-order valence-corrected chi connectivity index (χ1v) is 31.9. The van der Waals surface area contributed by atoms with Gasteiger partial charge in [-0.3, -0.25) is 4.79 Å². The fourth-order valence-electron chi connectivity index (χ4n) is 10.4. The maximum Gasteiger partial charge on any atom is 0.220 e. The third-order valence-electron chi connectivity index (χ3n) is 15.3. The van der Waals surface area contributed by atoms with Gasteiger partial charge in [0, 0.05) is 6.42 Å². The average Bonchev–Trinajstić information content (AvgIpc) is 3.34. The van der Waals surface area contributed by atoms with E-state index >= 15 is 0 Å². The van der Waals surface area contributed by atoms with Crippen molar-refractivity contribution in [2.75, 3.05) is 6.61 Å². The van der Waals surface area contributed by atoms with E-state index in [1.165, 1.54) is 321 Å². The highest BCUT2D eigenvalue weighted by atomic mass is 16.3. The van der Waals surface area contributed by atoms with Crippen LogP contribution in [0.25, 0.3) is 0 Å². The molecule has 0 aliphatic rings. The van der Waals surface area contributed by atoms with Crippen molar-refractivity contribution in [3.63, 3.8) is 0 Å². The van der Waals surface area contributed by atoms with Crippen LogP contribution in [0.4, 0.5) is 0 Å². The molecule has 1 amide bonds. The van der Waals surface area contributed by atoms with Gasteiger partial charge in [-0.05, 0) is 38.5 Å². The molecule has 0 spiro atoms. The number of hydrogen-bond acceptors (Lipinski definition) is 3. The largest absolute Gasteiger partial charge is 0.394 e. The second-order valence-electron chi connectivity index (χ2n) is 22.2. The molecule has 0 aromatic heterocycles. The van der Waals surface area contributed by atoms with Gasteiger partial charge in [0.15, 0.2) is 0 Å². The van der Waals surface area contributed by atoms with Gasteiger partial charge < -0.3 is 15.5 Å². The molecule has 406 valence electrons. The number of nitrogens with one attached hydrogen (secondary N) is 1. The number of carbonyl (C=O) groups is 1. The second-order valence-corrected chi connectivity index (χ2v) is 22.2. The first kappa shape index (κ1) is 67.1. The molecule has 3 N–H and O–H groups in total. The van der Waals surface area contributed by atoms with E-state index in [0.717, 1.165) is 25.7 Å². The fraction of sp³-hybridized carbons (Fsp3) is 0.953. The van der Waals surface area contributed by atoms with E-state index < -0.39 is 12.1 Å². The molecule has 0 aromatic carbocycles. The Balaban J connectivity index is 3.39. The number of allylic oxidation sites excluding steroid dienone is 2. The molecular weight excluding hydrogens is 831 g/mol. The number of rotatable bonds is 60. The minimum absolute atomic E-state index is 0.0225. The minimum Gasteiger partial charge on any atom is -0.394 e. The molecule has 0 bridgehead atoms. The zero-order valence-corrected chi connectivity index (χ0v) is 46.9. The summed E-state index contributed by atoms with van der Waals surface area (Å²) in [5.74, 6) is -0.0225. The van der Waals surface area contributed by atoms with Crippen LogP contribution in [-0.4, -0.2) is 34.9 Å². The molecule has 0 radical (unpaired) electrons. The minimum atomic E-state index is -0.657. The monoisotopic (exact) mass is 958 g/mol. The van der Waals surface area contributed by atoms with Gasteiger partial charge >= 0.3 is 0 Å². The molecule has 0 saturated carbocycles. The summed E-state index contributed by atoms with van der Waals surface area (Å²) >= 11 is 0. The Morgan fingerprint density at radius 1 is 0.338 bits per heavy atom. The summed E-state index contributed by atoms with van der Waals surface area (Å²) in [5.41, 5.74) is 0. The van der Waals surface area contributed by atoms with E-state index in [-0.39, 0.29) is 12.5 Å². The summed E-state index contributed by atoms with van der Waals surface area (Å²) < 4.78 is 0. The maximum atomic E-state index is 12.5. The van der Waals surface area contributed by atoms with Crippen LogP contribution >= 0.6 is 0 Å². The van der Waals surface area contributed by atoms with Crippen LogP contribution in [0.15, 0.2) is 12.2 Å². The number of carbonyl (C=O) groups excluding carboxylic acids is 1. The molecule has 0 heterocycles. The van der Waals surface area contributed by atoms with Gasteiger partial charge in [-0.1, -0.05) is 341 Å². The van der Waals surface area contributed by atoms with Crippen LogP contribution in [0.3, 0.4) is 0 Å². The molecule has 4 heteroatoms. The number of amides is 1. The first-order chi connectivity index (χ1) is 33.7. The lowest BCUT2D eigenvalue weighted by atomic mass is 10.0. The summed E-state index contributed by atoms with van der Waals surface area (Å²) in [6, 6.07) is -0.534. The Labute approximate surface area is 428 Å². The van der Waals surface area contributed by atoms with Gasteiger partial charge in [0.2, 0.25) is 5.91 Å². The van der Waals surface area contributed by atoms with Crippen molar-refractivity contribution in [1.82, 2.24) is 5.32 Å². The van der Waals surface area contributed by atoms with Crippen LogP contribution in [0.5, 0.6) is 0 Å². The normalized spacial score (nSPS) is 12.7. The molecule has 2 unspecified atom stereocenters. The standard InChI is InChI=1S/C64H127NO3/c1-3-5-7-9-11-13-15-17-19-21-23-25-27-29-30-31-32-33-34-35-36-38-40-42-44-46-48-50-52-54-56-58-60-64(68)65-62(61-66)63(67)59-57-55-53-51-49-47-45-43-41-39-37-28-26-24-22-20-18-16-14-12-10-8-6-4-2/h29-30,62-63,66-67H,3-28,31-61H2,1-2H3,(H,65,68)/b30-29-. The molecule has 68 heavy (non-hydrogen) atoms. The van der Waals surface area contributed by atoms with Crippen LogP contribution in [-0.2, 0) is 4.79 Å². The molecule has 0 rings (SSSR count). The highest BCUT2D eigenvalue weighted by Crippen LogP contribution is 2.19. The van der Waals surface area contributed by atoms with E-state index in [0.29, 0.717) is 12.8 Å². The van der Waals surface area contributed by atoms with E-state index in [1.54, 1.807) is 0 Å². The zero-order chi connectivity index (χ0) is 49.2. The Bertz CT molecular complexity index is 952. The Morgan fingerprint density at radius 3 is 0.809 bits per heavy atom. The predicted octanol–water partition coefficient (Wildman–Crippen LogP) is 21.3. The summed E-state index contributed by atoms with van der Waals surface area (Å²) in [6.07, 6.45) is 79.5. The summed E-state index contributed by atoms with van der Waals surface area (Å²) in [6.45, 7) is 4.41. The van der Waals surface area contributed by atoms with Crippen molar-refractivity contribution in [3.05, 3.63) is 12.2 Å². The Kier molecular flexibility index (Phi) is 59.7. The van der Waals surface area contributed by atoms with Crippen LogP contribution < -0.4 is 5.32 Å². The molecule has 0 saturated heterocycles. The topological polar surface area (TPSA) is 69.6 Å². The number of unbranched alkanes of at least 4 members (excludes halogenated alkanes) is 51. The molecule has 0 aliphatic carbocycles. The lowest BCUT2D eigenvalue weighted by Gasteiger charge is -2.22. The molecule has 4 nitrogen and oxygen atoms in total. The molecule has 2 atom stereocenters. The van der Waals surface area contributed by atoms with Crippen molar-refractivity contribution in [1.29, 1.82) is 0 Å². The molecule has 0 aromatic rings. The molecular formula is C64H127NO3. The Hall–Kier alpha value is -0.870. The highest BCUT2D eigenvalue weighted by molar-refractivity contribution is 5.76. The lowest BCUT2D eigenvalue weighted by Crippen LogP contribution is -2.45. The van der Waals surface area contributed by atoms with E-state index in [4.69, 9.17) is 0 Å². The van der Waals surface area contributed by atoms with Crippen molar-refractivity contribution in [2.24, 2.45) is 0 Å². The quantitative estimate of drug-likeness (QED) is 0.0420. The third kappa shape index (κ3) is 56.0.